The normalized spacial score (nSPS) is 11.8. The van der Waals surface area contributed by atoms with E-state index in [4.69, 9.17) is 0 Å². The minimum absolute atomic E-state index is 0.0998. The molecule has 0 aliphatic heterocycles. The number of hydrogen-bond acceptors (Lipinski definition) is 4. The molecule has 0 saturated carbocycles. The summed E-state index contributed by atoms with van der Waals surface area (Å²) in [6.07, 6.45) is 46.9. The fraction of sp³-hybridized carbons (Fsp3) is 0.591. The summed E-state index contributed by atoms with van der Waals surface area (Å²) in [5.41, 5.74) is 3.44. The standard InChI is InChI=1S/C38H80N.C28H18N2O4/c1-5-7-9-11-13-15-17-19-21-23-25-27-29-31-33-35-37-39(3,4)38-36-34-32-30-28-26-24-22-20-18-16-14-12-10-8-6-2;31-26-18-5-1-3-7-22(18)29-23-13-21-25(14-20(23)26)30(24-8-4-2-6-19(24)27(21)32)15-16-9-11-17(12-10-16)28(33)34/h5-38H2,1-4H3;1-14H,15H2,(H,29,31)(H,33,34)/q+1;/p-1. The monoisotopic (exact) mass is 996 g/mol. The predicted molar refractivity (Wildman–Crippen MR) is 312 cm³/mol. The predicted octanol–water partition coefficient (Wildman–Crippen LogP) is 17.1. The number of aromatic carboxylic acids is 1. The number of carbonyl (C=O) groups excluding carboxylic acids is 1. The quantitative estimate of drug-likeness (QED) is 0.0239. The molecule has 0 fully saturated rings. The number of carbonyl (C=O) groups is 1. The highest BCUT2D eigenvalue weighted by Gasteiger charge is 2.16. The number of aromatic amines is 1. The smallest absolute Gasteiger partial charge is 0.197 e. The Morgan fingerprint density at radius 1 is 0.438 bits per heavy atom. The Morgan fingerprint density at radius 2 is 0.836 bits per heavy atom. The molecular weight excluding hydrogens is 899 g/mol. The van der Waals surface area contributed by atoms with Gasteiger partial charge in [0.1, 0.15) is 0 Å². The Labute approximate surface area is 441 Å². The summed E-state index contributed by atoms with van der Waals surface area (Å²) in [6, 6.07) is 24.7. The van der Waals surface area contributed by atoms with Gasteiger partial charge >= 0.3 is 0 Å². The summed E-state index contributed by atoms with van der Waals surface area (Å²) >= 11 is 0. The maximum atomic E-state index is 13.4. The van der Waals surface area contributed by atoms with Crippen LogP contribution in [-0.4, -0.2) is 47.2 Å². The van der Waals surface area contributed by atoms with Crippen LogP contribution in [-0.2, 0) is 6.54 Å². The third-order valence-corrected chi connectivity index (χ3v) is 15.6. The number of hydrogen-bond donors (Lipinski definition) is 1. The Morgan fingerprint density at radius 3 is 1.29 bits per heavy atom. The van der Waals surface area contributed by atoms with Crippen LogP contribution in [0.2, 0.25) is 0 Å². The van der Waals surface area contributed by atoms with Crippen molar-refractivity contribution in [2.75, 3.05) is 27.2 Å². The molecule has 0 aliphatic rings. The van der Waals surface area contributed by atoms with Crippen LogP contribution < -0.4 is 16.0 Å². The van der Waals surface area contributed by atoms with Crippen molar-refractivity contribution in [2.24, 2.45) is 0 Å². The van der Waals surface area contributed by atoms with Crippen molar-refractivity contribution in [3.8, 4) is 0 Å². The van der Waals surface area contributed by atoms with Gasteiger partial charge in [-0.3, -0.25) is 9.59 Å². The third-order valence-electron chi connectivity index (χ3n) is 15.6. The molecule has 0 radical (unpaired) electrons. The van der Waals surface area contributed by atoms with Gasteiger partial charge in [-0.15, -0.1) is 0 Å². The van der Waals surface area contributed by atoms with Gasteiger partial charge in [0.05, 0.1) is 49.7 Å². The van der Waals surface area contributed by atoms with Gasteiger partial charge in [0.25, 0.3) is 0 Å². The minimum atomic E-state index is -1.23. The lowest BCUT2D eigenvalue weighted by molar-refractivity contribution is -0.890. The number of quaternary nitrogens is 1. The number of nitrogens with one attached hydrogen (secondary N) is 1. The molecule has 0 atom stereocenters. The van der Waals surface area contributed by atoms with Crippen LogP contribution in [0.1, 0.15) is 235 Å². The first-order valence-corrected chi connectivity index (χ1v) is 29.8. The fourth-order valence-corrected chi connectivity index (χ4v) is 10.9. The van der Waals surface area contributed by atoms with Gasteiger partial charge in [0.15, 0.2) is 10.9 Å². The number of aromatic nitrogens is 2. The van der Waals surface area contributed by atoms with Crippen molar-refractivity contribution in [1.82, 2.24) is 9.55 Å². The number of rotatable bonds is 37. The van der Waals surface area contributed by atoms with Gasteiger partial charge in [-0.05, 0) is 73.2 Å². The molecule has 7 heteroatoms. The molecule has 6 rings (SSSR count). The molecule has 6 aromatic rings. The minimum Gasteiger partial charge on any atom is -0.545 e. The SMILES string of the molecule is CCCCCCCCCCCCCCCCCC[N+](C)(C)CCCCCCCCCCCCCCCCCC.O=C([O-])c1ccc(Cn2c3ccccc3c(=O)c3cc4[nH]c5ccccc5c(=O)c4cc32)cc1. The second kappa shape index (κ2) is 33.9. The summed E-state index contributed by atoms with van der Waals surface area (Å²) in [6.45, 7) is 7.78. The van der Waals surface area contributed by atoms with E-state index in [1.165, 1.54) is 235 Å². The molecule has 0 amide bonds. The van der Waals surface area contributed by atoms with Gasteiger partial charge in [0.2, 0.25) is 0 Å². The molecule has 2 heterocycles. The zero-order chi connectivity index (χ0) is 51.9. The number of H-pyrrole nitrogens is 1. The lowest BCUT2D eigenvalue weighted by Gasteiger charge is -2.30. The average Bonchev–Trinajstić information content (AvgIpc) is 3.39. The van der Waals surface area contributed by atoms with Gasteiger partial charge < -0.3 is 23.9 Å². The van der Waals surface area contributed by atoms with Crippen molar-refractivity contribution in [3.63, 3.8) is 0 Å². The fourth-order valence-electron chi connectivity index (χ4n) is 10.9. The average molecular weight is 997 g/mol. The maximum Gasteiger partial charge on any atom is 0.197 e. The van der Waals surface area contributed by atoms with E-state index in [9.17, 15) is 19.5 Å². The van der Waals surface area contributed by atoms with Crippen LogP contribution >= 0.6 is 0 Å². The Kier molecular flexibility index (Phi) is 27.5. The van der Waals surface area contributed by atoms with Crippen molar-refractivity contribution in [2.45, 2.75) is 226 Å². The number of benzene rings is 4. The lowest BCUT2D eigenvalue weighted by Crippen LogP contribution is -2.41. The van der Waals surface area contributed by atoms with Crippen LogP contribution in [0.4, 0.5) is 0 Å². The highest BCUT2D eigenvalue weighted by atomic mass is 16.4. The molecule has 400 valence electrons. The maximum absolute atomic E-state index is 13.4. The first kappa shape index (κ1) is 59.1. The summed E-state index contributed by atoms with van der Waals surface area (Å²) in [5, 5.41) is 13.3. The lowest BCUT2D eigenvalue weighted by atomic mass is 10.0. The van der Waals surface area contributed by atoms with E-state index < -0.39 is 5.97 Å². The third kappa shape index (κ3) is 20.8. The number of para-hydroxylation sites is 2. The topological polar surface area (TPSA) is 95.0 Å². The van der Waals surface area contributed by atoms with Crippen LogP contribution in [0.5, 0.6) is 0 Å². The van der Waals surface area contributed by atoms with Gasteiger partial charge in [-0.25, -0.2) is 0 Å². The van der Waals surface area contributed by atoms with Crippen LogP contribution in [0, 0.1) is 0 Å². The summed E-state index contributed by atoms with van der Waals surface area (Å²) in [7, 11) is 4.94. The largest absolute Gasteiger partial charge is 0.545 e. The van der Waals surface area contributed by atoms with E-state index in [1.54, 1.807) is 36.4 Å². The summed E-state index contributed by atoms with van der Waals surface area (Å²) < 4.78 is 3.24. The zero-order valence-electron chi connectivity index (χ0n) is 46.4. The summed E-state index contributed by atoms with van der Waals surface area (Å²) in [4.78, 5) is 41.1. The number of carboxylic acids is 1. The molecule has 0 bridgehead atoms. The molecule has 2 aromatic heterocycles. The van der Waals surface area contributed by atoms with E-state index in [-0.39, 0.29) is 16.4 Å². The van der Waals surface area contributed by atoms with Crippen LogP contribution in [0.15, 0.2) is 94.5 Å². The molecule has 1 N–H and O–H groups in total. The van der Waals surface area contributed by atoms with Crippen LogP contribution in [0.25, 0.3) is 43.6 Å². The molecule has 4 aromatic carbocycles. The Balaban J connectivity index is 0.000000272. The van der Waals surface area contributed by atoms with E-state index in [1.807, 2.05) is 41.0 Å². The van der Waals surface area contributed by atoms with Crippen molar-refractivity contribution < 1.29 is 14.4 Å². The first-order chi connectivity index (χ1) is 35.6. The number of unbranched alkanes of at least 4 members (excludes halogenated alkanes) is 30. The van der Waals surface area contributed by atoms with Crippen molar-refractivity contribution in [3.05, 3.63) is 117 Å². The number of carboxylic acid groups (broad SMARTS) is 1. The van der Waals surface area contributed by atoms with E-state index in [0.717, 1.165) is 11.1 Å². The molecule has 0 aliphatic carbocycles. The Bertz CT molecular complexity index is 2570. The van der Waals surface area contributed by atoms with Gasteiger partial charge in [-0.1, -0.05) is 242 Å². The number of fused-ring (bicyclic) bond motifs is 4. The van der Waals surface area contributed by atoms with E-state index in [0.29, 0.717) is 44.6 Å². The second-order valence-corrected chi connectivity index (χ2v) is 22.3. The van der Waals surface area contributed by atoms with Gasteiger partial charge in [0, 0.05) is 33.6 Å². The number of nitrogens with zero attached hydrogens (tertiary/aromatic N) is 2. The molecule has 0 saturated heterocycles. The molecular formula is C66H97N3O4. The molecule has 0 unspecified atom stereocenters. The highest BCUT2D eigenvalue weighted by molar-refractivity contribution is 6.03. The molecule has 7 nitrogen and oxygen atoms in total. The second-order valence-electron chi connectivity index (χ2n) is 22.3. The van der Waals surface area contributed by atoms with E-state index in [2.05, 4.69) is 32.9 Å². The molecule has 73 heavy (non-hydrogen) atoms. The number of pyridine rings is 2. The van der Waals surface area contributed by atoms with Crippen LogP contribution in [0.3, 0.4) is 0 Å². The first-order valence-electron chi connectivity index (χ1n) is 29.8. The van der Waals surface area contributed by atoms with Crippen molar-refractivity contribution in [1.29, 1.82) is 0 Å². The molecule has 0 spiro atoms. The van der Waals surface area contributed by atoms with E-state index >= 15 is 0 Å². The van der Waals surface area contributed by atoms with Crippen molar-refractivity contribution >= 4 is 49.6 Å². The highest BCUT2D eigenvalue weighted by Crippen LogP contribution is 2.26. The zero-order valence-corrected chi connectivity index (χ0v) is 46.4. The summed E-state index contributed by atoms with van der Waals surface area (Å²) in [5.74, 6) is -1.23. The van der Waals surface area contributed by atoms with Gasteiger partial charge in [-0.2, -0.15) is 0 Å². The Hall–Kier alpha value is -4.75.